The van der Waals surface area contributed by atoms with Crippen molar-refractivity contribution in [1.29, 1.82) is 0 Å². The van der Waals surface area contributed by atoms with Gasteiger partial charge in [-0.15, -0.1) is 11.3 Å². The topological polar surface area (TPSA) is 80.9 Å². The molecule has 0 aliphatic carbocycles. The van der Waals surface area contributed by atoms with E-state index in [0.29, 0.717) is 11.3 Å². The van der Waals surface area contributed by atoms with Crippen molar-refractivity contribution >= 4 is 28.6 Å². The van der Waals surface area contributed by atoms with Gasteiger partial charge in [0.1, 0.15) is 5.82 Å². The zero-order valence-corrected chi connectivity index (χ0v) is 15.8. The molecule has 0 aliphatic rings. The summed E-state index contributed by atoms with van der Waals surface area (Å²) in [5.41, 5.74) is 10.2. The van der Waals surface area contributed by atoms with E-state index in [0.717, 1.165) is 34.0 Å². The second kappa shape index (κ2) is 8.02. The highest BCUT2D eigenvalue weighted by Crippen LogP contribution is 2.21. The molecule has 6 heteroatoms. The van der Waals surface area contributed by atoms with Crippen molar-refractivity contribution in [2.45, 2.75) is 6.42 Å². The number of thiophene rings is 1. The van der Waals surface area contributed by atoms with Crippen molar-refractivity contribution < 1.29 is 4.79 Å². The van der Waals surface area contributed by atoms with Crippen molar-refractivity contribution in [2.75, 3.05) is 11.1 Å². The SMILES string of the molecule is Nc1cccc(Cc2nccc(-c3ccc(NC(=O)c4cccs4)cc3)n2)c1. The normalized spacial score (nSPS) is 10.6. The molecule has 0 bridgehead atoms. The molecule has 2 aromatic carbocycles. The monoisotopic (exact) mass is 386 g/mol. The van der Waals surface area contributed by atoms with Gasteiger partial charge >= 0.3 is 0 Å². The van der Waals surface area contributed by atoms with E-state index < -0.39 is 0 Å². The lowest BCUT2D eigenvalue weighted by atomic mass is 10.1. The van der Waals surface area contributed by atoms with Gasteiger partial charge in [-0.25, -0.2) is 9.97 Å². The summed E-state index contributed by atoms with van der Waals surface area (Å²) in [7, 11) is 0. The summed E-state index contributed by atoms with van der Waals surface area (Å²) in [5.74, 6) is 0.632. The van der Waals surface area contributed by atoms with Crippen LogP contribution in [0.3, 0.4) is 0 Å². The third-order valence-corrected chi connectivity index (χ3v) is 5.07. The minimum atomic E-state index is -0.103. The highest BCUT2D eigenvalue weighted by Gasteiger charge is 2.08. The Labute approximate surface area is 166 Å². The van der Waals surface area contributed by atoms with Crippen molar-refractivity contribution in [3.8, 4) is 11.3 Å². The Morgan fingerprint density at radius 1 is 1.04 bits per heavy atom. The Bertz CT molecular complexity index is 1090. The Kier molecular flexibility index (Phi) is 5.12. The number of rotatable bonds is 5. The van der Waals surface area contributed by atoms with Crippen molar-refractivity contribution in [3.05, 3.63) is 94.6 Å². The summed E-state index contributed by atoms with van der Waals surface area (Å²) in [6.07, 6.45) is 2.38. The highest BCUT2D eigenvalue weighted by molar-refractivity contribution is 7.12. The number of hydrogen-bond acceptors (Lipinski definition) is 5. The van der Waals surface area contributed by atoms with Gasteiger partial charge in [-0.2, -0.15) is 0 Å². The van der Waals surface area contributed by atoms with E-state index in [1.54, 1.807) is 12.3 Å². The van der Waals surface area contributed by atoms with Crippen LogP contribution in [-0.2, 0) is 6.42 Å². The second-order valence-electron chi connectivity index (χ2n) is 6.29. The molecule has 0 unspecified atom stereocenters. The van der Waals surface area contributed by atoms with Crippen LogP contribution in [0.15, 0.2) is 78.3 Å². The Balaban J connectivity index is 1.49. The lowest BCUT2D eigenvalue weighted by Crippen LogP contribution is -2.09. The molecular formula is C22H18N4OS. The number of hydrogen-bond donors (Lipinski definition) is 2. The van der Waals surface area contributed by atoms with Crippen molar-refractivity contribution in [1.82, 2.24) is 9.97 Å². The molecule has 0 radical (unpaired) electrons. The average molecular weight is 386 g/mol. The maximum absolute atomic E-state index is 12.1. The minimum absolute atomic E-state index is 0.103. The molecule has 28 heavy (non-hydrogen) atoms. The Morgan fingerprint density at radius 3 is 2.64 bits per heavy atom. The van der Waals surface area contributed by atoms with E-state index in [2.05, 4.69) is 15.3 Å². The Hall–Kier alpha value is -3.51. The van der Waals surface area contributed by atoms with Gasteiger partial charge in [-0.3, -0.25) is 4.79 Å². The van der Waals surface area contributed by atoms with Crippen LogP contribution in [0.5, 0.6) is 0 Å². The summed E-state index contributed by atoms with van der Waals surface area (Å²) in [5, 5.41) is 4.78. The van der Waals surface area contributed by atoms with Crippen LogP contribution in [0.2, 0.25) is 0 Å². The lowest BCUT2D eigenvalue weighted by Gasteiger charge is -2.07. The first-order chi connectivity index (χ1) is 13.7. The van der Waals surface area contributed by atoms with Gasteiger partial charge in [0.15, 0.2) is 0 Å². The van der Waals surface area contributed by atoms with Crippen molar-refractivity contribution in [3.63, 3.8) is 0 Å². The summed E-state index contributed by atoms with van der Waals surface area (Å²) >= 11 is 1.42. The number of amides is 1. The van der Waals surface area contributed by atoms with E-state index in [-0.39, 0.29) is 5.91 Å². The number of carbonyl (C=O) groups is 1. The van der Waals surface area contributed by atoms with Crippen LogP contribution >= 0.6 is 11.3 Å². The van der Waals surface area contributed by atoms with E-state index >= 15 is 0 Å². The summed E-state index contributed by atoms with van der Waals surface area (Å²) in [6.45, 7) is 0. The number of nitrogens with one attached hydrogen (secondary N) is 1. The van der Waals surface area contributed by atoms with Gasteiger partial charge in [0, 0.05) is 29.6 Å². The number of nitrogens with zero attached hydrogens (tertiary/aromatic N) is 2. The first kappa shape index (κ1) is 17.9. The lowest BCUT2D eigenvalue weighted by molar-refractivity contribution is 0.103. The third-order valence-electron chi connectivity index (χ3n) is 4.20. The zero-order valence-electron chi connectivity index (χ0n) is 15.0. The van der Waals surface area contributed by atoms with Crippen LogP contribution in [0, 0.1) is 0 Å². The van der Waals surface area contributed by atoms with Gasteiger partial charge in [0.2, 0.25) is 0 Å². The molecule has 1 amide bonds. The summed E-state index contributed by atoms with van der Waals surface area (Å²) in [6, 6.07) is 20.9. The molecular weight excluding hydrogens is 368 g/mol. The standard InChI is InChI=1S/C22H18N4OS/c23-17-4-1-3-15(13-17)14-21-24-11-10-19(26-21)16-6-8-18(9-7-16)25-22(27)20-5-2-12-28-20/h1-13H,14,23H2,(H,25,27). The predicted octanol–water partition coefficient (Wildman–Crippen LogP) is 4.63. The number of carbonyl (C=O) groups excluding carboxylic acids is 1. The van der Waals surface area contributed by atoms with Crippen molar-refractivity contribution in [2.24, 2.45) is 0 Å². The van der Waals surface area contributed by atoms with Gasteiger partial charge in [-0.1, -0.05) is 30.3 Å². The molecule has 0 spiro atoms. The van der Waals surface area contributed by atoms with E-state index in [1.165, 1.54) is 11.3 Å². The fourth-order valence-corrected chi connectivity index (χ4v) is 3.47. The number of benzene rings is 2. The number of anilines is 2. The molecule has 0 atom stereocenters. The van der Waals surface area contributed by atoms with Crippen LogP contribution < -0.4 is 11.1 Å². The van der Waals surface area contributed by atoms with Crippen LogP contribution in [0.4, 0.5) is 11.4 Å². The fraction of sp³-hybridized carbons (Fsp3) is 0.0455. The molecule has 5 nitrogen and oxygen atoms in total. The van der Waals surface area contributed by atoms with Crippen LogP contribution in [0.25, 0.3) is 11.3 Å². The number of nitrogens with two attached hydrogens (primary N) is 1. The molecule has 138 valence electrons. The minimum Gasteiger partial charge on any atom is -0.399 e. The molecule has 0 saturated carbocycles. The maximum Gasteiger partial charge on any atom is 0.265 e. The molecule has 4 rings (SSSR count). The second-order valence-corrected chi connectivity index (χ2v) is 7.24. The van der Waals surface area contributed by atoms with Crippen LogP contribution in [-0.4, -0.2) is 15.9 Å². The average Bonchev–Trinajstić information content (AvgIpc) is 3.24. The smallest absolute Gasteiger partial charge is 0.265 e. The van der Waals surface area contributed by atoms with E-state index in [4.69, 9.17) is 5.73 Å². The maximum atomic E-state index is 12.1. The van der Waals surface area contributed by atoms with E-state index in [1.807, 2.05) is 66.0 Å². The molecule has 0 saturated heterocycles. The molecule has 0 aliphatic heterocycles. The van der Waals surface area contributed by atoms with E-state index in [9.17, 15) is 4.79 Å². The molecule has 4 aromatic rings. The first-order valence-electron chi connectivity index (χ1n) is 8.79. The first-order valence-corrected chi connectivity index (χ1v) is 9.67. The van der Waals surface area contributed by atoms with Gasteiger partial charge < -0.3 is 11.1 Å². The number of nitrogen functional groups attached to an aromatic ring is 1. The molecule has 2 aromatic heterocycles. The van der Waals surface area contributed by atoms with Gasteiger partial charge in [0.25, 0.3) is 5.91 Å². The molecule has 3 N–H and O–H groups in total. The van der Waals surface area contributed by atoms with Gasteiger partial charge in [-0.05, 0) is 47.3 Å². The number of aromatic nitrogens is 2. The zero-order chi connectivity index (χ0) is 19.3. The summed E-state index contributed by atoms with van der Waals surface area (Å²) < 4.78 is 0. The summed E-state index contributed by atoms with van der Waals surface area (Å²) in [4.78, 5) is 21.9. The molecule has 2 heterocycles. The Morgan fingerprint density at radius 2 is 1.89 bits per heavy atom. The largest absolute Gasteiger partial charge is 0.399 e. The third kappa shape index (κ3) is 4.24. The molecule has 0 fully saturated rings. The highest BCUT2D eigenvalue weighted by atomic mass is 32.1. The quantitative estimate of drug-likeness (QED) is 0.490. The van der Waals surface area contributed by atoms with Crippen LogP contribution in [0.1, 0.15) is 21.1 Å². The van der Waals surface area contributed by atoms with Gasteiger partial charge in [0.05, 0.1) is 10.6 Å². The predicted molar refractivity (Wildman–Crippen MR) is 113 cm³/mol. The fourth-order valence-electron chi connectivity index (χ4n) is 2.86.